The summed E-state index contributed by atoms with van der Waals surface area (Å²) < 4.78 is 0. The number of benzene rings is 1. The van der Waals surface area contributed by atoms with Crippen molar-refractivity contribution in [3.8, 4) is 11.8 Å². The number of nitrogens with zero attached hydrogens (tertiary/aromatic N) is 2. The van der Waals surface area contributed by atoms with E-state index in [1.165, 1.54) is 5.56 Å². The minimum absolute atomic E-state index is 0.284. The monoisotopic (exact) mass is 253 g/mol. The number of fused-ring (bicyclic) bond motifs is 1. The standard InChI is InChI=1S/C16H19N3/c1-3-5-6-9-14(17-4-2)13-8-7-10-15-16(13)19-12-11-18-15/h7-8,10-12,14,17H,4,6,9H2,1-2H3. The molecule has 1 N–H and O–H groups in total. The van der Waals surface area contributed by atoms with Gasteiger partial charge in [-0.2, -0.15) is 0 Å². The molecule has 3 heteroatoms. The summed E-state index contributed by atoms with van der Waals surface area (Å²) in [4.78, 5) is 8.84. The Hall–Kier alpha value is -1.92. The maximum absolute atomic E-state index is 4.47. The second-order valence-electron chi connectivity index (χ2n) is 4.35. The van der Waals surface area contributed by atoms with E-state index in [1.807, 2.05) is 19.1 Å². The van der Waals surface area contributed by atoms with Crippen LogP contribution in [-0.2, 0) is 0 Å². The Morgan fingerprint density at radius 3 is 2.89 bits per heavy atom. The van der Waals surface area contributed by atoms with Crippen LogP contribution >= 0.6 is 0 Å². The lowest BCUT2D eigenvalue weighted by Crippen LogP contribution is -2.21. The lowest BCUT2D eigenvalue weighted by molar-refractivity contribution is 0.525. The van der Waals surface area contributed by atoms with Crippen LogP contribution in [0.5, 0.6) is 0 Å². The lowest BCUT2D eigenvalue weighted by Gasteiger charge is -2.18. The van der Waals surface area contributed by atoms with Crippen molar-refractivity contribution in [3.63, 3.8) is 0 Å². The van der Waals surface area contributed by atoms with Crippen molar-refractivity contribution >= 4 is 11.0 Å². The van der Waals surface area contributed by atoms with Crippen LogP contribution in [0.15, 0.2) is 30.6 Å². The van der Waals surface area contributed by atoms with E-state index in [0.717, 1.165) is 30.4 Å². The van der Waals surface area contributed by atoms with E-state index in [1.54, 1.807) is 12.4 Å². The average Bonchev–Trinajstić information content (AvgIpc) is 2.46. The van der Waals surface area contributed by atoms with E-state index < -0.39 is 0 Å². The van der Waals surface area contributed by atoms with Crippen LogP contribution in [-0.4, -0.2) is 16.5 Å². The van der Waals surface area contributed by atoms with Gasteiger partial charge in [0.25, 0.3) is 0 Å². The van der Waals surface area contributed by atoms with Crippen LogP contribution in [0.25, 0.3) is 11.0 Å². The Labute approximate surface area is 114 Å². The van der Waals surface area contributed by atoms with Crippen LogP contribution in [0.2, 0.25) is 0 Å². The van der Waals surface area contributed by atoms with Crippen molar-refractivity contribution in [2.24, 2.45) is 0 Å². The van der Waals surface area contributed by atoms with Gasteiger partial charge in [-0.1, -0.05) is 19.1 Å². The van der Waals surface area contributed by atoms with Crippen LogP contribution in [0.1, 0.15) is 38.3 Å². The zero-order valence-electron chi connectivity index (χ0n) is 11.5. The van der Waals surface area contributed by atoms with Gasteiger partial charge in [-0.05, 0) is 31.5 Å². The molecule has 1 unspecified atom stereocenters. The molecule has 2 aromatic rings. The second kappa shape index (κ2) is 6.86. The highest BCUT2D eigenvalue weighted by atomic mass is 14.9. The van der Waals surface area contributed by atoms with Crippen molar-refractivity contribution < 1.29 is 0 Å². The second-order valence-corrected chi connectivity index (χ2v) is 4.35. The molecule has 0 amide bonds. The molecule has 0 fully saturated rings. The number of hydrogen-bond donors (Lipinski definition) is 1. The van der Waals surface area contributed by atoms with E-state index in [4.69, 9.17) is 0 Å². The molecule has 1 aromatic heterocycles. The van der Waals surface area contributed by atoms with E-state index in [9.17, 15) is 0 Å². The van der Waals surface area contributed by atoms with Crippen LogP contribution < -0.4 is 5.32 Å². The zero-order chi connectivity index (χ0) is 13.5. The quantitative estimate of drug-likeness (QED) is 0.832. The molecule has 0 aliphatic carbocycles. The smallest absolute Gasteiger partial charge is 0.0934 e. The van der Waals surface area contributed by atoms with Crippen molar-refractivity contribution in [3.05, 3.63) is 36.2 Å². The summed E-state index contributed by atoms with van der Waals surface area (Å²) in [6, 6.07) is 6.46. The van der Waals surface area contributed by atoms with Gasteiger partial charge in [0.05, 0.1) is 11.0 Å². The summed E-state index contributed by atoms with van der Waals surface area (Å²) in [5, 5.41) is 3.51. The zero-order valence-corrected chi connectivity index (χ0v) is 11.5. The molecule has 0 aliphatic rings. The Balaban J connectivity index is 2.34. The molecule has 19 heavy (non-hydrogen) atoms. The molecular formula is C16H19N3. The van der Waals surface area contributed by atoms with Gasteiger partial charge in [0.1, 0.15) is 0 Å². The number of aromatic nitrogens is 2. The minimum Gasteiger partial charge on any atom is -0.310 e. The first-order valence-electron chi connectivity index (χ1n) is 6.69. The van der Waals surface area contributed by atoms with Gasteiger partial charge in [-0.3, -0.25) is 9.97 Å². The third kappa shape index (κ3) is 3.30. The van der Waals surface area contributed by atoms with Gasteiger partial charge in [-0.15, -0.1) is 11.8 Å². The van der Waals surface area contributed by atoms with Gasteiger partial charge in [0.2, 0.25) is 0 Å². The summed E-state index contributed by atoms with van der Waals surface area (Å²) in [5.74, 6) is 6.08. The van der Waals surface area contributed by atoms with Crippen LogP contribution in [0.4, 0.5) is 0 Å². The Kier molecular flexibility index (Phi) is 4.88. The van der Waals surface area contributed by atoms with E-state index in [2.05, 4.69) is 40.1 Å². The number of nitrogens with one attached hydrogen (secondary N) is 1. The minimum atomic E-state index is 0.284. The fourth-order valence-corrected chi connectivity index (χ4v) is 2.25. The lowest BCUT2D eigenvalue weighted by atomic mass is 10.00. The SMILES string of the molecule is CC#CCCC(NCC)c1cccc2nccnc12. The Morgan fingerprint density at radius 1 is 1.26 bits per heavy atom. The number of hydrogen-bond acceptors (Lipinski definition) is 3. The van der Waals surface area contributed by atoms with Gasteiger partial charge in [0.15, 0.2) is 0 Å². The topological polar surface area (TPSA) is 37.8 Å². The largest absolute Gasteiger partial charge is 0.310 e. The van der Waals surface area contributed by atoms with Crippen LogP contribution in [0.3, 0.4) is 0 Å². The average molecular weight is 253 g/mol. The van der Waals surface area contributed by atoms with Gasteiger partial charge in [0, 0.05) is 24.9 Å². The van der Waals surface area contributed by atoms with Crippen molar-refractivity contribution in [2.75, 3.05) is 6.54 Å². The van der Waals surface area contributed by atoms with Crippen molar-refractivity contribution in [2.45, 2.75) is 32.7 Å². The van der Waals surface area contributed by atoms with Gasteiger partial charge in [-0.25, -0.2) is 0 Å². The summed E-state index contributed by atoms with van der Waals surface area (Å²) in [5.41, 5.74) is 3.15. The molecule has 0 saturated carbocycles. The predicted octanol–water partition coefficient (Wildman–Crippen LogP) is 3.08. The summed E-state index contributed by atoms with van der Waals surface area (Å²) in [6.07, 6.45) is 5.37. The molecule has 0 bridgehead atoms. The molecule has 0 aliphatic heterocycles. The maximum atomic E-state index is 4.47. The molecule has 0 radical (unpaired) electrons. The molecule has 1 heterocycles. The number of para-hydroxylation sites is 1. The summed E-state index contributed by atoms with van der Waals surface area (Å²) in [6.45, 7) is 4.93. The molecule has 0 saturated heterocycles. The maximum Gasteiger partial charge on any atom is 0.0934 e. The first-order chi connectivity index (χ1) is 9.36. The van der Waals surface area contributed by atoms with E-state index in [0.29, 0.717) is 0 Å². The highest BCUT2D eigenvalue weighted by Crippen LogP contribution is 2.24. The molecule has 98 valence electrons. The highest BCUT2D eigenvalue weighted by Gasteiger charge is 2.13. The summed E-state index contributed by atoms with van der Waals surface area (Å²) in [7, 11) is 0. The van der Waals surface area contributed by atoms with Gasteiger partial charge < -0.3 is 5.32 Å². The Bertz CT molecular complexity index is 590. The Morgan fingerprint density at radius 2 is 2.11 bits per heavy atom. The fourth-order valence-electron chi connectivity index (χ4n) is 2.25. The third-order valence-corrected chi connectivity index (χ3v) is 3.09. The molecule has 3 nitrogen and oxygen atoms in total. The fraction of sp³-hybridized carbons (Fsp3) is 0.375. The highest BCUT2D eigenvalue weighted by molar-refractivity contribution is 5.78. The first-order valence-corrected chi connectivity index (χ1v) is 6.69. The molecule has 0 spiro atoms. The van der Waals surface area contributed by atoms with Crippen molar-refractivity contribution in [1.82, 2.24) is 15.3 Å². The number of rotatable bonds is 5. The third-order valence-electron chi connectivity index (χ3n) is 3.09. The normalized spacial score (nSPS) is 11.9. The summed E-state index contributed by atoms with van der Waals surface area (Å²) >= 11 is 0. The molecular weight excluding hydrogens is 234 g/mol. The first kappa shape index (κ1) is 13.5. The molecule has 1 aromatic carbocycles. The predicted molar refractivity (Wildman–Crippen MR) is 78.6 cm³/mol. The van der Waals surface area contributed by atoms with E-state index >= 15 is 0 Å². The van der Waals surface area contributed by atoms with Crippen molar-refractivity contribution in [1.29, 1.82) is 0 Å². The van der Waals surface area contributed by atoms with Crippen LogP contribution in [0, 0.1) is 11.8 Å². The van der Waals surface area contributed by atoms with Gasteiger partial charge >= 0.3 is 0 Å². The molecule has 1 atom stereocenters. The molecule has 2 rings (SSSR count). The van der Waals surface area contributed by atoms with E-state index in [-0.39, 0.29) is 6.04 Å².